The summed E-state index contributed by atoms with van der Waals surface area (Å²) < 4.78 is 13.6. The summed E-state index contributed by atoms with van der Waals surface area (Å²) in [6, 6.07) is 7.67. The zero-order valence-electron chi connectivity index (χ0n) is 18.7. The van der Waals surface area contributed by atoms with E-state index in [1.165, 1.54) is 19.1 Å². The summed E-state index contributed by atoms with van der Waals surface area (Å²) in [6.07, 6.45) is 1.59. The van der Waals surface area contributed by atoms with Gasteiger partial charge in [0.1, 0.15) is 17.3 Å². The molecule has 32 heavy (non-hydrogen) atoms. The molecule has 0 bridgehead atoms. The van der Waals surface area contributed by atoms with E-state index in [4.69, 9.17) is 9.97 Å². The lowest BCUT2D eigenvalue weighted by Gasteiger charge is -2.25. The lowest BCUT2D eigenvalue weighted by Crippen LogP contribution is -2.32. The van der Waals surface area contributed by atoms with Gasteiger partial charge in [-0.05, 0) is 37.1 Å². The van der Waals surface area contributed by atoms with Crippen LogP contribution in [0.15, 0.2) is 30.3 Å². The van der Waals surface area contributed by atoms with E-state index in [0.29, 0.717) is 35.5 Å². The number of aromatic amines is 1. The van der Waals surface area contributed by atoms with Crippen molar-refractivity contribution in [2.75, 3.05) is 32.6 Å². The molecule has 3 heterocycles. The number of hydrogen-bond donors (Lipinski definition) is 1. The van der Waals surface area contributed by atoms with Gasteiger partial charge in [-0.25, -0.2) is 14.4 Å². The smallest absolute Gasteiger partial charge is 0.270 e. The van der Waals surface area contributed by atoms with Gasteiger partial charge >= 0.3 is 0 Å². The van der Waals surface area contributed by atoms with Crippen molar-refractivity contribution in [3.8, 4) is 0 Å². The highest BCUT2D eigenvalue weighted by molar-refractivity contribution is 5.98. The van der Waals surface area contributed by atoms with Gasteiger partial charge in [0.25, 0.3) is 5.91 Å². The highest BCUT2D eigenvalue weighted by atomic mass is 19.1. The van der Waals surface area contributed by atoms with E-state index in [-0.39, 0.29) is 23.7 Å². The maximum absolute atomic E-state index is 13.6. The molecule has 1 saturated heterocycles. The van der Waals surface area contributed by atoms with Crippen LogP contribution in [-0.2, 0) is 11.3 Å². The first-order valence-electron chi connectivity index (χ1n) is 10.6. The first-order chi connectivity index (χ1) is 15.2. The van der Waals surface area contributed by atoms with E-state index in [1.807, 2.05) is 25.1 Å². The highest BCUT2D eigenvalue weighted by Crippen LogP contribution is 2.33. The minimum atomic E-state index is -0.341. The Morgan fingerprint density at radius 2 is 1.97 bits per heavy atom. The van der Waals surface area contributed by atoms with E-state index in [2.05, 4.69) is 4.98 Å². The topological polar surface area (TPSA) is 85.4 Å². The SMILES string of the molecule is CC(=O)N(C)Cc1cc(N(C)C)nc([C@@H]2CCCN2C(=O)c2cc3cc(F)ccc3[nH]2)n1. The number of benzene rings is 1. The number of halogens is 1. The van der Waals surface area contributed by atoms with Crippen molar-refractivity contribution in [3.05, 3.63) is 53.4 Å². The second kappa shape index (κ2) is 8.57. The molecule has 2 aromatic heterocycles. The molecule has 4 rings (SSSR count). The van der Waals surface area contributed by atoms with Gasteiger partial charge in [0.05, 0.1) is 18.3 Å². The minimum absolute atomic E-state index is 0.0514. The molecule has 1 fully saturated rings. The third-order valence-corrected chi connectivity index (χ3v) is 5.80. The minimum Gasteiger partial charge on any atom is -0.363 e. The van der Waals surface area contributed by atoms with Crippen LogP contribution < -0.4 is 4.90 Å². The molecular formula is C23H27FN6O2. The van der Waals surface area contributed by atoms with Crippen molar-refractivity contribution < 1.29 is 14.0 Å². The number of carbonyl (C=O) groups excluding carboxylic acids is 2. The molecule has 1 aliphatic heterocycles. The van der Waals surface area contributed by atoms with Crippen LogP contribution in [0.1, 0.15) is 47.8 Å². The molecule has 1 atom stereocenters. The van der Waals surface area contributed by atoms with Gasteiger partial charge < -0.3 is 19.7 Å². The Bertz CT molecular complexity index is 1170. The Hall–Kier alpha value is -3.49. The van der Waals surface area contributed by atoms with Crippen molar-refractivity contribution in [1.29, 1.82) is 0 Å². The third kappa shape index (κ3) is 4.28. The van der Waals surface area contributed by atoms with Crippen molar-refractivity contribution >= 4 is 28.5 Å². The maximum Gasteiger partial charge on any atom is 0.270 e. The molecule has 1 aromatic carbocycles. The van der Waals surface area contributed by atoms with Crippen LogP contribution >= 0.6 is 0 Å². The van der Waals surface area contributed by atoms with E-state index < -0.39 is 0 Å². The zero-order valence-corrected chi connectivity index (χ0v) is 18.7. The van der Waals surface area contributed by atoms with Crippen LogP contribution in [0.2, 0.25) is 0 Å². The Morgan fingerprint density at radius 3 is 2.69 bits per heavy atom. The van der Waals surface area contributed by atoms with Gasteiger partial charge in [-0.2, -0.15) is 0 Å². The zero-order chi connectivity index (χ0) is 23.0. The van der Waals surface area contributed by atoms with E-state index in [9.17, 15) is 14.0 Å². The summed E-state index contributed by atoms with van der Waals surface area (Å²) in [5.41, 5.74) is 1.85. The average molecular weight is 439 g/mol. The Balaban J connectivity index is 1.66. The molecule has 0 spiro atoms. The number of rotatable bonds is 5. The summed E-state index contributed by atoms with van der Waals surface area (Å²) in [6.45, 7) is 2.46. The molecule has 8 nitrogen and oxygen atoms in total. The van der Waals surface area contributed by atoms with Crippen LogP contribution in [0.4, 0.5) is 10.2 Å². The normalized spacial score (nSPS) is 15.9. The summed E-state index contributed by atoms with van der Waals surface area (Å²) in [5, 5.41) is 0.657. The number of nitrogens with zero attached hydrogens (tertiary/aromatic N) is 5. The lowest BCUT2D eigenvalue weighted by atomic mass is 10.2. The number of H-pyrrole nitrogens is 1. The van der Waals surface area contributed by atoms with Gasteiger partial charge in [0.15, 0.2) is 5.82 Å². The lowest BCUT2D eigenvalue weighted by molar-refractivity contribution is -0.128. The standard InChI is InChI=1S/C23H27FN6O2/c1-14(31)29(4)13-17-12-21(28(2)3)27-22(25-17)20-6-5-9-30(20)23(32)19-11-15-10-16(24)7-8-18(15)26-19/h7-8,10-12,20,26H,5-6,9,13H2,1-4H3/t20-/m0/s1. The monoisotopic (exact) mass is 438 g/mol. The number of nitrogens with one attached hydrogen (secondary N) is 1. The van der Waals surface area contributed by atoms with E-state index >= 15 is 0 Å². The second-order valence-corrected chi connectivity index (χ2v) is 8.42. The number of aromatic nitrogens is 3. The van der Waals surface area contributed by atoms with Gasteiger partial charge in [0, 0.05) is 51.6 Å². The van der Waals surface area contributed by atoms with Crippen molar-refractivity contribution in [2.45, 2.75) is 32.4 Å². The van der Waals surface area contributed by atoms with Crippen molar-refractivity contribution in [1.82, 2.24) is 24.8 Å². The second-order valence-electron chi connectivity index (χ2n) is 8.42. The highest BCUT2D eigenvalue weighted by Gasteiger charge is 2.34. The molecule has 0 radical (unpaired) electrons. The van der Waals surface area contributed by atoms with Crippen LogP contribution in [0.5, 0.6) is 0 Å². The predicted molar refractivity (Wildman–Crippen MR) is 120 cm³/mol. The van der Waals surface area contributed by atoms with E-state index in [1.54, 1.807) is 29.0 Å². The molecule has 0 aliphatic carbocycles. The average Bonchev–Trinajstić information content (AvgIpc) is 3.39. The van der Waals surface area contributed by atoms with Crippen LogP contribution in [0, 0.1) is 5.82 Å². The third-order valence-electron chi connectivity index (χ3n) is 5.80. The fourth-order valence-electron chi connectivity index (χ4n) is 3.97. The molecular weight excluding hydrogens is 411 g/mol. The first-order valence-corrected chi connectivity index (χ1v) is 10.6. The van der Waals surface area contributed by atoms with Gasteiger partial charge in [-0.3, -0.25) is 9.59 Å². The molecule has 1 aliphatic rings. The Morgan fingerprint density at radius 1 is 1.19 bits per heavy atom. The Kier molecular flexibility index (Phi) is 5.82. The van der Waals surface area contributed by atoms with Crippen LogP contribution in [0.3, 0.4) is 0 Å². The van der Waals surface area contributed by atoms with Gasteiger partial charge in [0.2, 0.25) is 5.91 Å². The first kappa shape index (κ1) is 21.7. The number of fused-ring (bicyclic) bond motifs is 1. The fraction of sp³-hybridized carbons (Fsp3) is 0.391. The Labute approximate surface area is 186 Å². The van der Waals surface area contributed by atoms with Gasteiger partial charge in [-0.1, -0.05) is 0 Å². The van der Waals surface area contributed by atoms with E-state index in [0.717, 1.165) is 24.4 Å². The number of amides is 2. The predicted octanol–water partition coefficient (Wildman–Crippen LogP) is 3.12. The summed E-state index contributed by atoms with van der Waals surface area (Å²) in [4.78, 5) is 42.8. The molecule has 168 valence electrons. The molecule has 0 unspecified atom stereocenters. The number of carbonyl (C=O) groups is 2. The number of likely N-dealkylation sites (tertiary alicyclic amines) is 1. The summed E-state index contributed by atoms with van der Waals surface area (Å²) >= 11 is 0. The summed E-state index contributed by atoms with van der Waals surface area (Å²) in [5.74, 6) is 0.736. The number of hydrogen-bond acceptors (Lipinski definition) is 5. The molecule has 0 saturated carbocycles. The fourth-order valence-corrected chi connectivity index (χ4v) is 3.97. The molecule has 3 aromatic rings. The van der Waals surface area contributed by atoms with Crippen LogP contribution in [-0.4, -0.2) is 64.3 Å². The number of anilines is 1. The maximum atomic E-state index is 13.6. The molecule has 1 N–H and O–H groups in total. The molecule has 2 amide bonds. The quantitative estimate of drug-likeness (QED) is 0.662. The van der Waals surface area contributed by atoms with Crippen molar-refractivity contribution in [2.24, 2.45) is 0 Å². The van der Waals surface area contributed by atoms with Gasteiger partial charge in [-0.15, -0.1) is 0 Å². The van der Waals surface area contributed by atoms with Crippen molar-refractivity contribution in [3.63, 3.8) is 0 Å². The molecule has 9 heteroatoms. The van der Waals surface area contributed by atoms with Crippen LogP contribution in [0.25, 0.3) is 10.9 Å². The largest absolute Gasteiger partial charge is 0.363 e. The summed E-state index contributed by atoms with van der Waals surface area (Å²) in [7, 11) is 5.51.